The molecule has 6 nitrogen and oxygen atoms in total. The van der Waals surface area contributed by atoms with Gasteiger partial charge < -0.3 is 9.80 Å². The lowest BCUT2D eigenvalue weighted by Crippen LogP contribution is -2.49. The molecule has 2 aliphatic heterocycles. The minimum absolute atomic E-state index is 0.0557. The molecule has 160 valence electrons. The topological polar surface area (TPSA) is 60.9 Å². The van der Waals surface area contributed by atoms with Crippen molar-refractivity contribution in [2.45, 2.75) is 30.2 Å². The second-order valence-corrected chi connectivity index (χ2v) is 10.1. The Kier molecular flexibility index (Phi) is 6.22. The van der Waals surface area contributed by atoms with Crippen molar-refractivity contribution in [1.82, 2.24) is 14.1 Å². The lowest BCUT2D eigenvalue weighted by Gasteiger charge is -2.40. The minimum atomic E-state index is -3.57. The quantitative estimate of drug-likeness (QED) is 0.753. The number of sulfonamides is 1. The van der Waals surface area contributed by atoms with Crippen molar-refractivity contribution in [3.05, 3.63) is 65.7 Å². The predicted molar refractivity (Wildman–Crippen MR) is 117 cm³/mol. The third-order valence-electron chi connectivity index (χ3n) is 6.06. The molecule has 0 aromatic heterocycles. The van der Waals surface area contributed by atoms with Crippen molar-refractivity contribution in [3.63, 3.8) is 0 Å². The van der Waals surface area contributed by atoms with E-state index in [0.717, 1.165) is 37.9 Å². The van der Waals surface area contributed by atoms with Crippen molar-refractivity contribution in [2.24, 2.45) is 0 Å². The Morgan fingerprint density at radius 3 is 2.37 bits per heavy atom. The summed E-state index contributed by atoms with van der Waals surface area (Å²) in [5.41, 5.74) is 1.52. The molecule has 7 heteroatoms. The fraction of sp³-hybridized carbons (Fsp3) is 0.435. The van der Waals surface area contributed by atoms with Gasteiger partial charge in [0.05, 0.1) is 10.9 Å². The maximum Gasteiger partial charge on any atom is 0.254 e. The Labute approximate surface area is 179 Å². The molecule has 2 fully saturated rings. The van der Waals surface area contributed by atoms with Crippen molar-refractivity contribution in [2.75, 3.05) is 39.8 Å². The molecule has 2 aliphatic rings. The smallest absolute Gasteiger partial charge is 0.254 e. The molecule has 0 saturated carbocycles. The van der Waals surface area contributed by atoms with Gasteiger partial charge in [-0.3, -0.25) is 4.79 Å². The van der Waals surface area contributed by atoms with E-state index >= 15 is 0 Å². The Morgan fingerprint density at radius 2 is 1.63 bits per heavy atom. The second kappa shape index (κ2) is 8.88. The number of rotatable bonds is 4. The van der Waals surface area contributed by atoms with Gasteiger partial charge in [0, 0.05) is 38.3 Å². The molecule has 1 unspecified atom stereocenters. The van der Waals surface area contributed by atoms with Gasteiger partial charge in [0.25, 0.3) is 5.91 Å². The number of likely N-dealkylation sites (N-methyl/N-ethyl adjacent to an activating group) is 1. The van der Waals surface area contributed by atoms with Crippen LogP contribution in [0.15, 0.2) is 59.5 Å². The highest BCUT2D eigenvalue weighted by Crippen LogP contribution is 2.28. The van der Waals surface area contributed by atoms with Crippen LogP contribution in [0, 0.1) is 0 Å². The number of benzene rings is 2. The molecule has 2 saturated heterocycles. The van der Waals surface area contributed by atoms with Gasteiger partial charge in [0.2, 0.25) is 10.0 Å². The maximum absolute atomic E-state index is 13.4. The summed E-state index contributed by atoms with van der Waals surface area (Å²) in [6.45, 7) is 3.25. The molecule has 2 aromatic rings. The van der Waals surface area contributed by atoms with E-state index in [2.05, 4.69) is 11.9 Å². The fourth-order valence-electron chi connectivity index (χ4n) is 4.33. The summed E-state index contributed by atoms with van der Waals surface area (Å²) in [5.74, 6) is -0.118. The maximum atomic E-state index is 13.4. The van der Waals surface area contributed by atoms with Crippen LogP contribution in [-0.2, 0) is 10.0 Å². The summed E-state index contributed by atoms with van der Waals surface area (Å²) >= 11 is 0. The van der Waals surface area contributed by atoms with Crippen LogP contribution in [0.4, 0.5) is 0 Å². The molecular weight excluding hydrogens is 398 g/mol. The summed E-state index contributed by atoms with van der Waals surface area (Å²) < 4.78 is 27.7. The average Bonchev–Trinajstić information content (AvgIpc) is 2.80. The van der Waals surface area contributed by atoms with E-state index in [1.807, 2.05) is 35.2 Å². The number of piperazine rings is 1. The van der Waals surface area contributed by atoms with Crippen LogP contribution in [0.3, 0.4) is 0 Å². The lowest BCUT2D eigenvalue weighted by molar-refractivity contribution is 0.0498. The predicted octanol–water partition coefficient (Wildman–Crippen LogP) is 2.99. The third kappa shape index (κ3) is 4.29. The van der Waals surface area contributed by atoms with Crippen LogP contribution < -0.4 is 0 Å². The first-order valence-corrected chi connectivity index (χ1v) is 12.1. The van der Waals surface area contributed by atoms with Gasteiger partial charge in [-0.15, -0.1) is 0 Å². The number of hydrogen-bond acceptors (Lipinski definition) is 4. The van der Waals surface area contributed by atoms with Gasteiger partial charge in [-0.2, -0.15) is 4.31 Å². The minimum Gasteiger partial charge on any atom is -0.329 e. The van der Waals surface area contributed by atoms with Gasteiger partial charge in [0.1, 0.15) is 0 Å². The Morgan fingerprint density at radius 1 is 0.900 bits per heavy atom. The number of hydrogen-bond donors (Lipinski definition) is 0. The van der Waals surface area contributed by atoms with Crippen LogP contribution in [0.1, 0.15) is 41.2 Å². The van der Waals surface area contributed by atoms with Crippen LogP contribution in [0.2, 0.25) is 0 Å². The molecule has 0 N–H and O–H groups in total. The highest BCUT2D eigenvalue weighted by molar-refractivity contribution is 7.89. The van der Waals surface area contributed by atoms with Crippen molar-refractivity contribution >= 4 is 15.9 Å². The van der Waals surface area contributed by atoms with E-state index in [1.54, 1.807) is 28.6 Å². The fourth-order valence-corrected chi connectivity index (χ4v) is 5.90. The van der Waals surface area contributed by atoms with Gasteiger partial charge in [-0.25, -0.2) is 8.42 Å². The van der Waals surface area contributed by atoms with Gasteiger partial charge >= 0.3 is 0 Å². The van der Waals surface area contributed by atoms with Crippen molar-refractivity contribution in [1.29, 1.82) is 0 Å². The van der Waals surface area contributed by atoms with Crippen LogP contribution >= 0.6 is 0 Å². The van der Waals surface area contributed by atoms with E-state index < -0.39 is 10.0 Å². The third-order valence-corrected chi connectivity index (χ3v) is 7.96. The summed E-state index contributed by atoms with van der Waals surface area (Å²) in [6.07, 6.45) is 2.84. The second-order valence-electron chi connectivity index (χ2n) is 8.18. The van der Waals surface area contributed by atoms with E-state index in [-0.39, 0.29) is 16.8 Å². The normalized spacial score (nSPS) is 21.5. The highest BCUT2D eigenvalue weighted by atomic mass is 32.2. The number of amides is 1. The molecule has 4 rings (SSSR count). The van der Waals surface area contributed by atoms with Gasteiger partial charge in [0.15, 0.2) is 0 Å². The van der Waals surface area contributed by atoms with Crippen molar-refractivity contribution < 1.29 is 13.2 Å². The zero-order chi connectivity index (χ0) is 21.1. The lowest BCUT2D eigenvalue weighted by atomic mass is 10.0. The standard InChI is InChI=1S/C23H29N3O3S/c1-24-15-16-26(22(18-24)19-9-4-2-5-10-19)23(27)20-11-8-12-21(17-20)30(28,29)25-13-6-3-7-14-25/h2,4-5,8-12,17,22H,3,6-7,13-16,18H2,1H3. The van der Waals surface area contributed by atoms with E-state index in [9.17, 15) is 13.2 Å². The number of piperidine rings is 1. The molecule has 2 aromatic carbocycles. The van der Waals surface area contributed by atoms with Gasteiger partial charge in [-0.1, -0.05) is 42.8 Å². The molecule has 0 spiro atoms. The molecule has 1 amide bonds. The summed E-state index contributed by atoms with van der Waals surface area (Å²) in [5, 5.41) is 0. The Balaban J connectivity index is 1.62. The molecule has 0 radical (unpaired) electrons. The van der Waals surface area contributed by atoms with Crippen LogP contribution in [-0.4, -0.2) is 68.2 Å². The summed E-state index contributed by atoms with van der Waals surface area (Å²) in [7, 11) is -1.51. The van der Waals surface area contributed by atoms with Crippen LogP contribution in [0.5, 0.6) is 0 Å². The average molecular weight is 428 g/mol. The van der Waals surface area contributed by atoms with E-state index in [0.29, 0.717) is 25.2 Å². The van der Waals surface area contributed by atoms with E-state index in [1.165, 1.54) is 0 Å². The monoisotopic (exact) mass is 427 g/mol. The van der Waals surface area contributed by atoms with Crippen molar-refractivity contribution in [3.8, 4) is 0 Å². The summed E-state index contributed by atoms with van der Waals surface area (Å²) in [6, 6.07) is 16.5. The zero-order valence-electron chi connectivity index (χ0n) is 17.4. The first-order valence-electron chi connectivity index (χ1n) is 10.6. The zero-order valence-corrected chi connectivity index (χ0v) is 18.2. The molecule has 0 aliphatic carbocycles. The molecular formula is C23H29N3O3S. The Hall–Kier alpha value is -2.22. The van der Waals surface area contributed by atoms with Crippen LogP contribution in [0.25, 0.3) is 0 Å². The number of nitrogens with zero attached hydrogens (tertiary/aromatic N) is 3. The number of carbonyl (C=O) groups is 1. The highest BCUT2D eigenvalue weighted by Gasteiger charge is 2.32. The molecule has 30 heavy (non-hydrogen) atoms. The largest absolute Gasteiger partial charge is 0.329 e. The molecule has 1 atom stereocenters. The van der Waals surface area contributed by atoms with E-state index in [4.69, 9.17) is 0 Å². The first kappa shape index (κ1) is 21.0. The summed E-state index contributed by atoms with van der Waals surface area (Å²) in [4.78, 5) is 17.8. The Bertz CT molecular complexity index is 988. The first-order chi connectivity index (χ1) is 14.5. The molecule has 2 heterocycles. The van der Waals surface area contributed by atoms with Gasteiger partial charge in [-0.05, 0) is 43.7 Å². The number of carbonyl (C=O) groups excluding carboxylic acids is 1. The SMILES string of the molecule is CN1CCN(C(=O)c2cccc(S(=O)(=O)N3CCCCC3)c2)C(c2ccccc2)C1. The molecule has 0 bridgehead atoms.